The number of carboxylic acids is 1. The van der Waals surface area contributed by atoms with E-state index >= 15 is 0 Å². The molecule has 0 fully saturated rings. The number of halogens is 1. The summed E-state index contributed by atoms with van der Waals surface area (Å²) in [7, 11) is 0. The molecule has 0 bridgehead atoms. The van der Waals surface area contributed by atoms with Crippen molar-refractivity contribution in [1.82, 2.24) is 0 Å². The lowest BCUT2D eigenvalue weighted by Gasteiger charge is -2.13. The molecular formula is C11H13ClO3. The van der Waals surface area contributed by atoms with Crippen LogP contribution in [0.3, 0.4) is 0 Å². The highest BCUT2D eigenvalue weighted by Crippen LogP contribution is 2.35. The fourth-order valence-corrected chi connectivity index (χ4v) is 1.67. The van der Waals surface area contributed by atoms with Crippen LogP contribution in [0.5, 0.6) is 5.75 Å². The molecular weight excluding hydrogens is 216 g/mol. The summed E-state index contributed by atoms with van der Waals surface area (Å²) in [5, 5.41) is 19.1. The third-order valence-corrected chi connectivity index (χ3v) is 2.75. The lowest BCUT2D eigenvalue weighted by molar-refractivity contribution is 0.0692. The summed E-state index contributed by atoms with van der Waals surface area (Å²) >= 11 is 5.90. The number of benzene rings is 1. The van der Waals surface area contributed by atoms with Crippen molar-refractivity contribution < 1.29 is 15.0 Å². The highest BCUT2D eigenvalue weighted by Gasteiger charge is 2.20. The van der Waals surface area contributed by atoms with E-state index in [9.17, 15) is 9.90 Å². The van der Waals surface area contributed by atoms with Crippen LogP contribution < -0.4 is 0 Å². The zero-order valence-corrected chi connectivity index (χ0v) is 9.59. The highest BCUT2D eigenvalue weighted by atomic mass is 35.5. The summed E-state index contributed by atoms with van der Waals surface area (Å²) in [5.74, 6) is -1.31. The van der Waals surface area contributed by atoms with Crippen LogP contribution in [0.25, 0.3) is 0 Å². The molecule has 0 aromatic heterocycles. The van der Waals surface area contributed by atoms with Crippen molar-refractivity contribution >= 4 is 17.6 Å². The van der Waals surface area contributed by atoms with Crippen molar-refractivity contribution in [3.05, 3.63) is 27.8 Å². The molecule has 0 saturated carbocycles. The highest BCUT2D eigenvalue weighted by molar-refractivity contribution is 6.32. The van der Waals surface area contributed by atoms with Gasteiger partial charge in [0.1, 0.15) is 11.3 Å². The molecule has 4 heteroatoms. The molecule has 82 valence electrons. The molecule has 1 rings (SSSR count). The van der Waals surface area contributed by atoms with Crippen molar-refractivity contribution in [3.63, 3.8) is 0 Å². The predicted octanol–water partition coefficient (Wildman–Crippen LogP) is 3.18. The van der Waals surface area contributed by atoms with Crippen molar-refractivity contribution in [3.8, 4) is 5.75 Å². The van der Waals surface area contributed by atoms with Gasteiger partial charge in [0.15, 0.2) is 0 Å². The standard InChI is InChI=1S/C11H13ClO3/c1-5(2)7-4-8(12)6(3)9(10(7)13)11(14)15/h4-5,13H,1-3H3,(H,14,15). The Labute approximate surface area is 93.3 Å². The van der Waals surface area contributed by atoms with Gasteiger partial charge in [-0.15, -0.1) is 0 Å². The smallest absolute Gasteiger partial charge is 0.339 e. The van der Waals surface area contributed by atoms with Crippen LogP contribution >= 0.6 is 11.6 Å². The molecule has 0 saturated heterocycles. The fraction of sp³-hybridized carbons (Fsp3) is 0.364. The molecule has 1 aromatic rings. The number of carboxylic acid groups (broad SMARTS) is 1. The summed E-state index contributed by atoms with van der Waals surface area (Å²) in [6.07, 6.45) is 0. The van der Waals surface area contributed by atoms with Gasteiger partial charge < -0.3 is 10.2 Å². The van der Waals surface area contributed by atoms with Crippen LogP contribution in [0.15, 0.2) is 6.07 Å². The van der Waals surface area contributed by atoms with Crippen LogP contribution in [0, 0.1) is 6.92 Å². The maximum absolute atomic E-state index is 11.0. The van der Waals surface area contributed by atoms with E-state index in [4.69, 9.17) is 16.7 Å². The van der Waals surface area contributed by atoms with Gasteiger partial charge in [0.25, 0.3) is 0 Å². The molecule has 0 aliphatic heterocycles. The molecule has 3 nitrogen and oxygen atoms in total. The lowest BCUT2D eigenvalue weighted by Crippen LogP contribution is -2.04. The van der Waals surface area contributed by atoms with E-state index < -0.39 is 5.97 Å². The van der Waals surface area contributed by atoms with Gasteiger partial charge in [-0.05, 0) is 30.0 Å². The molecule has 0 amide bonds. The monoisotopic (exact) mass is 228 g/mol. The third kappa shape index (κ3) is 2.07. The molecule has 2 N–H and O–H groups in total. The number of carbonyl (C=O) groups is 1. The molecule has 0 unspecified atom stereocenters. The summed E-state index contributed by atoms with van der Waals surface area (Å²) in [6, 6.07) is 1.61. The predicted molar refractivity (Wildman–Crippen MR) is 58.9 cm³/mol. The Morgan fingerprint density at radius 1 is 1.47 bits per heavy atom. The zero-order valence-electron chi connectivity index (χ0n) is 8.84. The third-order valence-electron chi connectivity index (χ3n) is 2.36. The molecule has 0 radical (unpaired) electrons. The van der Waals surface area contributed by atoms with Gasteiger partial charge in [0.2, 0.25) is 0 Å². The van der Waals surface area contributed by atoms with E-state index in [0.717, 1.165) is 0 Å². The number of aromatic hydroxyl groups is 1. The Bertz CT molecular complexity index is 411. The molecule has 0 heterocycles. The minimum atomic E-state index is -1.16. The minimum absolute atomic E-state index is 0.0289. The zero-order chi connectivity index (χ0) is 11.7. The van der Waals surface area contributed by atoms with Crippen LogP contribution in [0.1, 0.15) is 41.3 Å². The maximum atomic E-state index is 11.0. The van der Waals surface area contributed by atoms with Crippen LogP contribution in [0.2, 0.25) is 5.02 Å². The van der Waals surface area contributed by atoms with E-state index in [-0.39, 0.29) is 17.2 Å². The molecule has 0 atom stereocenters. The van der Waals surface area contributed by atoms with Crippen molar-refractivity contribution in [1.29, 1.82) is 0 Å². The van der Waals surface area contributed by atoms with E-state index in [1.165, 1.54) is 0 Å². The summed E-state index contributed by atoms with van der Waals surface area (Å²) in [4.78, 5) is 11.0. The second kappa shape index (κ2) is 4.11. The molecule has 0 spiro atoms. The number of aromatic carboxylic acids is 1. The van der Waals surface area contributed by atoms with Crippen LogP contribution in [-0.2, 0) is 0 Å². The second-order valence-corrected chi connectivity index (χ2v) is 4.16. The quantitative estimate of drug-likeness (QED) is 0.818. The van der Waals surface area contributed by atoms with Gasteiger partial charge >= 0.3 is 5.97 Å². The number of hydrogen-bond donors (Lipinski definition) is 2. The maximum Gasteiger partial charge on any atom is 0.339 e. The topological polar surface area (TPSA) is 57.5 Å². The van der Waals surface area contributed by atoms with Crippen molar-refractivity contribution in [2.75, 3.05) is 0 Å². The first-order valence-electron chi connectivity index (χ1n) is 4.61. The first kappa shape index (κ1) is 11.9. The largest absolute Gasteiger partial charge is 0.507 e. The average molecular weight is 229 g/mol. The Hall–Kier alpha value is -1.22. The Morgan fingerprint density at radius 2 is 2.00 bits per heavy atom. The summed E-state index contributed by atoms with van der Waals surface area (Å²) in [5.41, 5.74) is 0.847. The number of rotatable bonds is 2. The first-order valence-corrected chi connectivity index (χ1v) is 4.99. The number of hydrogen-bond acceptors (Lipinski definition) is 2. The van der Waals surface area contributed by atoms with E-state index in [2.05, 4.69) is 0 Å². The number of phenols is 1. The first-order chi connectivity index (χ1) is 6.86. The van der Waals surface area contributed by atoms with Gasteiger partial charge in [-0.3, -0.25) is 0 Å². The second-order valence-electron chi connectivity index (χ2n) is 3.76. The molecule has 15 heavy (non-hydrogen) atoms. The summed E-state index contributed by atoms with van der Waals surface area (Å²) in [6.45, 7) is 5.31. The van der Waals surface area contributed by atoms with Gasteiger partial charge in [0, 0.05) is 5.02 Å². The Morgan fingerprint density at radius 3 is 2.40 bits per heavy atom. The molecule has 0 aliphatic carbocycles. The lowest BCUT2D eigenvalue weighted by atomic mass is 9.96. The molecule has 0 aliphatic rings. The Balaban J connectivity index is 3.56. The fourth-order valence-electron chi connectivity index (χ4n) is 1.46. The van der Waals surface area contributed by atoms with Crippen molar-refractivity contribution in [2.45, 2.75) is 26.7 Å². The minimum Gasteiger partial charge on any atom is -0.507 e. The van der Waals surface area contributed by atoms with Crippen LogP contribution in [-0.4, -0.2) is 16.2 Å². The van der Waals surface area contributed by atoms with E-state index in [1.54, 1.807) is 13.0 Å². The Kier molecular flexibility index (Phi) is 3.25. The van der Waals surface area contributed by atoms with Gasteiger partial charge in [-0.2, -0.15) is 0 Å². The van der Waals surface area contributed by atoms with Gasteiger partial charge in [-0.1, -0.05) is 25.4 Å². The van der Waals surface area contributed by atoms with E-state index in [0.29, 0.717) is 16.1 Å². The SMILES string of the molecule is Cc1c(Cl)cc(C(C)C)c(O)c1C(=O)O. The molecule has 1 aromatic carbocycles. The van der Waals surface area contributed by atoms with Crippen LogP contribution in [0.4, 0.5) is 0 Å². The summed E-state index contributed by atoms with van der Waals surface area (Å²) < 4.78 is 0. The van der Waals surface area contributed by atoms with Gasteiger partial charge in [-0.25, -0.2) is 4.79 Å². The normalized spacial score (nSPS) is 10.7. The van der Waals surface area contributed by atoms with Gasteiger partial charge in [0.05, 0.1) is 0 Å². The van der Waals surface area contributed by atoms with Crippen molar-refractivity contribution in [2.24, 2.45) is 0 Å². The average Bonchev–Trinajstić information content (AvgIpc) is 2.10. The van der Waals surface area contributed by atoms with E-state index in [1.807, 2.05) is 13.8 Å².